The molecule has 0 heterocycles. The van der Waals surface area contributed by atoms with Crippen molar-refractivity contribution >= 4 is 32.4 Å². The van der Waals surface area contributed by atoms with Crippen LogP contribution in [0.4, 0.5) is 10.1 Å². The van der Waals surface area contributed by atoms with E-state index in [1.807, 2.05) is 42.5 Å². The van der Waals surface area contributed by atoms with E-state index in [0.29, 0.717) is 11.4 Å². The van der Waals surface area contributed by atoms with Gasteiger partial charge in [0.05, 0.1) is 17.1 Å². The number of nitrogens with one attached hydrogen (secondary N) is 1. The number of amides is 1. The Labute approximate surface area is 197 Å². The van der Waals surface area contributed by atoms with Crippen LogP contribution in [-0.4, -0.2) is 34.0 Å². The van der Waals surface area contributed by atoms with E-state index in [2.05, 4.69) is 5.32 Å². The number of ether oxygens (including phenoxy) is 1. The Morgan fingerprint density at radius 3 is 2.26 bits per heavy atom. The number of para-hydroxylation sites is 1. The molecule has 0 aliphatic heterocycles. The summed E-state index contributed by atoms with van der Waals surface area (Å²) in [6, 6.07) is 26.4. The summed E-state index contributed by atoms with van der Waals surface area (Å²) in [5, 5.41) is 4.85. The summed E-state index contributed by atoms with van der Waals surface area (Å²) in [7, 11) is -4.09. The van der Waals surface area contributed by atoms with E-state index in [-0.39, 0.29) is 18.0 Å². The van der Waals surface area contributed by atoms with Gasteiger partial charge in [0.15, 0.2) is 0 Å². The molecular formula is C26H23FN2O4S. The lowest BCUT2D eigenvalue weighted by Gasteiger charge is -2.24. The van der Waals surface area contributed by atoms with Gasteiger partial charge in [-0.15, -0.1) is 0 Å². The van der Waals surface area contributed by atoms with Gasteiger partial charge in [-0.1, -0.05) is 48.5 Å². The monoisotopic (exact) mass is 478 g/mol. The third kappa shape index (κ3) is 5.52. The summed E-state index contributed by atoms with van der Waals surface area (Å²) in [5.74, 6) is -0.358. The lowest BCUT2D eigenvalue weighted by molar-refractivity contribution is -0.119. The van der Waals surface area contributed by atoms with Gasteiger partial charge in [-0.05, 0) is 59.3 Å². The van der Waals surface area contributed by atoms with Crippen molar-refractivity contribution in [3.8, 4) is 5.75 Å². The summed E-state index contributed by atoms with van der Waals surface area (Å²) in [6.45, 7) is -0.00921. The minimum Gasteiger partial charge on any atom is -0.492 e. The molecule has 0 saturated carbocycles. The highest BCUT2D eigenvalue weighted by atomic mass is 32.2. The molecule has 4 aromatic rings. The zero-order chi connectivity index (χ0) is 24.0. The largest absolute Gasteiger partial charge is 0.492 e. The quantitative estimate of drug-likeness (QED) is 0.363. The number of carbonyl (C=O) groups is 1. The molecule has 0 aromatic heterocycles. The van der Waals surface area contributed by atoms with Crippen LogP contribution in [0.3, 0.4) is 0 Å². The van der Waals surface area contributed by atoms with Crippen molar-refractivity contribution in [2.45, 2.75) is 4.90 Å². The van der Waals surface area contributed by atoms with E-state index < -0.39 is 28.3 Å². The van der Waals surface area contributed by atoms with Gasteiger partial charge in [-0.3, -0.25) is 9.10 Å². The Balaban J connectivity index is 1.40. The minimum atomic E-state index is -4.09. The molecular weight excluding hydrogens is 455 g/mol. The summed E-state index contributed by atoms with van der Waals surface area (Å²) in [4.78, 5) is 12.5. The fraction of sp³-hybridized carbons (Fsp3) is 0.115. The van der Waals surface area contributed by atoms with Crippen molar-refractivity contribution < 1.29 is 22.3 Å². The van der Waals surface area contributed by atoms with Crippen molar-refractivity contribution in [2.24, 2.45) is 0 Å². The molecule has 0 spiro atoms. The summed E-state index contributed by atoms with van der Waals surface area (Å²) in [6.07, 6.45) is 0. The number of carbonyl (C=O) groups excluding carboxylic acids is 1. The highest BCUT2D eigenvalue weighted by Gasteiger charge is 2.27. The van der Waals surface area contributed by atoms with E-state index >= 15 is 0 Å². The molecule has 1 N–H and O–H groups in total. The average molecular weight is 479 g/mol. The van der Waals surface area contributed by atoms with E-state index in [1.165, 1.54) is 12.1 Å². The molecule has 0 saturated heterocycles. The molecule has 4 rings (SSSR count). The zero-order valence-electron chi connectivity index (χ0n) is 18.2. The first-order chi connectivity index (χ1) is 16.4. The second-order valence-electron chi connectivity index (χ2n) is 7.51. The molecule has 174 valence electrons. The maximum atomic E-state index is 13.3. The van der Waals surface area contributed by atoms with E-state index in [9.17, 15) is 17.6 Å². The number of nitrogens with zero attached hydrogens (tertiary/aromatic N) is 1. The first-order valence-electron chi connectivity index (χ1n) is 10.7. The van der Waals surface area contributed by atoms with Gasteiger partial charge >= 0.3 is 0 Å². The van der Waals surface area contributed by atoms with E-state index in [1.54, 1.807) is 30.3 Å². The molecule has 0 atom stereocenters. The summed E-state index contributed by atoms with van der Waals surface area (Å²) < 4.78 is 46.4. The third-order valence-corrected chi connectivity index (χ3v) is 6.93. The van der Waals surface area contributed by atoms with Crippen molar-refractivity contribution in [3.05, 3.63) is 103 Å². The Hall–Kier alpha value is -3.91. The number of rotatable bonds is 9. The van der Waals surface area contributed by atoms with E-state index in [4.69, 9.17) is 4.74 Å². The Kier molecular flexibility index (Phi) is 7.08. The number of hydrogen-bond donors (Lipinski definition) is 1. The molecule has 6 nitrogen and oxygen atoms in total. The first kappa shape index (κ1) is 23.3. The van der Waals surface area contributed by atoms with Crippen LogP contribution < -0.4 is 14.4 Å². The number of fused-ring (bicyclic) bond motifs is 1. The molecule has 8 heteroatoms. The summed E-state index contributed by atoms with van der Waals surface area (Å²) >= 11 is 0. The lowest BCUT2D eigenvalue weighted by atomic mass is 10.1. The van der Waals surface area contributed by atoms with Crippen LogP contribution in [0.2, 0.25) is 0 Å². The molecule has 0 aliphatic carbocycles. The Morgan fingerprint density at radius 2 is 1.53 bits per heavy atom. The van der Waals surface area contributed by atoms with Gasteiger partial charge < -0.3 is 10.1 Å². The SMILES string of the molecule is O=C(CN(c1ccccc1)S(=O)(=O)c1ccc(F)cc1)NCCOc1ccc2ccccc2c1. The van der Waals surface area contributed by atoms with Crippen molar-refractivity contribution in [3.63, 3.8) is 0 Å². The lowest BCUT2D eigenvalue weighted by Crippen LogP contribution is -2.41. The Bertz CT molecular complexity index is 1380. The van der Waals surface area contributed by atoms with Crippen LogP contribution in [0.15, 0.2) is 102 Å². The molecule has 0 fully saturated rings. The molecule has 4 aromatic carbocycles. The second-order valence-corrected chi connectivity index (χ2v) is 9.37. The van der Waals surface area contributed by atoms with Gasteiger partial charge in [0, 0.05) is 0 Å². The highest BCUT2D eigenvalue weighted by Crippen LogP contribution is 2.23. The third-order valence-electron chi connectivity index (χ3n) is 5.15. The van der Waals surface area contributed by atoms with Gasteiger partial charge in [0.2, 0.25) is 5.91 Å². The molecule has 0 bridgehead atoms. The number of hydrogen-bond acceptors (Lipinski definition) is 4. The van der Waals surface area contributed by atoms with Crippen LogP contribution in [-0.2, 0) is 14.8 Å². The second kappa shape index (κ2) is 10.4. The van der Waals surface area contributed by atoms with Crippen LogP contribution in [0, 0.1) is 5.82 Å². The molecule has 34 heavy (non-hydrogen) atoms. The van der Waals surface area contributed by atoms with Gasteiger partial charge in [-0.25, -0.2) is 12.8 Å². The van der Waals surface area contributed by atoms with Gasteiger partial charge in [0.25, 0.3) is 10.0 Å². The Morgan fingerprint density at radius 1 is 0.853 bits per heavy atom. The standard InChI is InChI=1S/C26H23FN2O4S/c27-22-11-14-25(15-12-22)34(31,32)29(23-8-2-1-3-9-23)19-26(30)28-16-17-33-24-13-10-20-6-4-5-7-21(20)18-24/h1-15,18H,16-17,19H2,(H,28,30). The predicted molar refractivity (Wildman–Crippen MR) is 130 cm³/mol. The van der Waals surface area contributed by atoms with E-state index in [0.717, 1.165) is 27.2 Å². The number of benzene rings is 4. The van der Waals surface area contributed by atoms with Crippen LogP contribution in [0.5, 0.6) is 5.75 Å². The van der Waals surface area contributed by atoms with Gasteiger partial charge in [-0.2, -0.15) is 0 Å². The topological polar surface area (TPSA) is 75.7 Å². The zero-order valence-corrected chi connectivity index (χ0v) is 19.0. The predicted octanol–water partition coefficient (Wildman–Crippen LogP) is 4.37. The molecule has 0 aliphatic rings. The first-order valence-corrected chi connectivity index (χ1v) is 12.1. The molecule has 0 radical (unpaired) electrons. The summed E-state index contributed by atoms with van der Waals surface area (Å²) in [5.41, 5.74) is 0.328. The normalized spacial score (nSPS) is 11.2. The highest BCUT2D eigenvalue weighted by molar-refractivity contribution is 7.92. The van der Waals surface area contributed by atoms with Crippen molar-refractivity contribution in [1.82, 2.24) is 5.32 Å². The molecule has 1 amide bonds. The fourth-order valence-electron chi connectivity index (χ4n) is 3.45. The van der Waals surface area contributed by atoms with Crippen molar-refractivity contribution in [1.29, 1.82) is 0 Å². The minimum absolute atomic E-state index is 0.106. The average Bonchev–Trinajstić information content (AvgIpc) is 2.86. The maximum absolute atomic E-state index is 13.3. The van der Waals surface area contributed by atoms with Crippen molar-refractivity contribution in [2.75, 3.05) is 24.0 Å². The van der Waals surface area contributed by atoms with Crippen LogP contribution in [0.25, 0.3) is 10.8 Å². The number of halogens is 1. The van der Waals surface area contributed by atoms with Gasteiger partial charge in [0.1, 0.15) is 24.7 Å². The number of sulfonamides is 1. The van der Waals surface area contributed by atoms with Crippen LogP contribution in [0.1, 0.15) is 0 Å². The van der Waals surface area contributed by atoms with Crippen LogP contribution >= 0.6 is 0 Å². The smallest absolute Gasteiger partial charge is 0.264 e. The maximum Gasteiger partial charge on any atom is 0.264 e. The molecule has 0 unspecified atom stereocenters. The number of anilines is 1. The fourth-order valence-corrected chi connectivity index (χ4v) is 4.87.